The average Bonchev–Trinajstić information content (AvgIpc) is 3.52. The molecule has 5 rings (SSSR count). The molecule has 3 heterocycles. The van der Waals surface area contributed by atoms with Crippen molar-refractivity contribution in [2.24, 2.45) is 0 Å². The number of alkyl halides is 4. The molecular weight excluding hydrogens is 483 g/mol. The number of likely N-dealkylation sites (tertiary alicyclic amines) is 1. The summed E-state index contributed by atoms with van der Waals surface area (Å²) >= 11 is 0. The highest BCUT2D eigenvalue weighted by Crippen LogP contribution is 2.29. The second-order valence-corrected chi connectivity index (χ2v) is 8.69. The highest BCUT2D eigenvalue weighted by molar-refractivity contribution is 5.58. The van der Waals surface area contributed by atoms with E-state index in [0.717, 1.165) is 17.2 Å². The molecule has 0 amide bonds. The number of aromatic nitrogens is 5. The van der Waals surface area contributed by atoms with Crippen molar-refractivity contribution in [3.05, 3.63) is 71.5 Å². The van der Waals surface area contributed by atoms with E-state index in [1.54, 1.807) is 6.20 Å². The highest BCUT2D eigenvalue weighted by atomic mass is 19.3. The molecule has 0 atom stereocenters. The van der Waals surface area contributed by atoms with E-state index in [1.165, 1.54) is 16.8 Å². The standard InChI is InChI=1S/C24H21F5N6O/c25-19-11-17(22-31-32-23(36-22)21(26)27)4-5-18(19)13-35-14-20(30-33-35)16-3-1-2-15(10-16)12-34-8-6-24(28,29)7-9-34/h1-5,10-11,14,21H,6-9,12-13H2. The van der Waals surface area contributed by atoms with Crippen molar-refractivity contribution in [3.8, 4) is 22.7 Å². The highest BCUT2D eigenvalue weighted by Gasteiger charge is 2.33. The number of nitrogens with zero attached hydrogens (tertiary/aromatic N) is 6. The quantitative estimate of drug-likeness (QED) is 0.316. The van der Waals surface area contributed by atoms with Gasteiger partial charge in [-0.05, 0) is 23.8 Å². The van der Waals surface area contributed by atoms with Gasteiger partial charge in [0.05, 0.1) is 12.7 Å². The molecular formula is C24H21F5N6O. The Kier molecular flexibility index (Phi) is 6.52. The Hall–Kier alpha value is -3.67. The van der Waals surface area contributed by atoms with E-state index in [2.05, 4.69) is 20.5 Å². The molecule has 2 aromatic heterocycles. The number of hydrogen-bond acceptors (Lipinski definition) is 6. The smallest absolute Gasteiger partial charge is 0.314 e. The van der Waals surface area contributed by atoms with E-state index < -0.39 is 24.1 Å². The van der Waals surface area contributed by atoms with Crippen LogP contribution in [0.1, 0.15) is 36.3 Å². The lowest BCUT2D eigenvalue weighted by Crippen LogP contribution is -2.38. The van der Waals surface area contributed by atoms with Crippen molar-refractivity contribution >= 4 is 0 Å². The van der Waals surface area contributed by atoms with E-state index >= 15 is 0 Å². The van der Waals surface area contributed by atoms with Crippen LogP contribution in [0.15, 0.2) is 53.1 Å². The summed E-state index contributed by atoms with van der Waals surface area (Å²) in [7, 11) is 0. The molecule has 2 aromatic carbocycles. The first kappa shape index (κ1) is 24.0. The lowest BCUT2D eigenvalue weighted by Gasteiger charge is -2.31. The van der Waals surface area contributed by atoms with Crippen molar-refractivity contribution in [2.45, 2.75) is 38.3 Å². The Morgan fingerprint density at radius 3 is 2.47 bits per heavy atom. The normalized spacial score (nSPS) is 16.1. The summed E-state index contributed by atoms with van der Waals surface area (Å²) in [4.78, 5) is 2.00. The zero-order chi connectivity index (χ0) is 25.3. The topological polar surface area (TPSA) is 72.9 Å². The van der Waals surface area contributed by atoms with Crippen LogP contribution in [0.3, 0.4) is 0 Å². The Morgan fingerprint density at radius 1 is 0.944 bits per heavy atom. The van der Waals surface area contributed by atoms with Crippen molar-refractivity contribution in [2.75, 3.05) is 13.1 Å². The fourth-order valence-electron chi connectivity index (χ4n) is 4.06. The lowest BCUT2D eigenvalue weighted by atomic mass is 10.0. The van der Waals surface area contributed by atoms with Crippen molar-refractivity contribution in [3.63, 3.8) is 0 Å². The summed E-state index contributed by atoms with van der Waals surface area (Å²) in [5, 5.41) is 15.0. The van der Waals surface area contributed by atoms with Gasteiger partial charge in [0, 0.05) is 49.2 Å². The molecule has 1 saturated heterocycles. The average molecular weight is 504 g/mol. The minimum atomic E-state index is -2.91. The van der Waals surface area contributed by atoms with Crippen LogP contribution < -0.4 is 0 Å². The summed E-state index contributed by atoms with van der Waals surface area (Å²) in [6, 6.07) is 11.7. The molecule has 0 radical (unpaired) electrons. The predicted octanol–water partition coefficient (Wildman–Crippen LogP) is 5.35. The molecule has 0 bridgehead atoms. The van der Waals surface area contributed by atoms with Crippen molar-refractivity contribution in [1.82, 2.24) is 30.1 Å². The van der Waals surface area contributed by atoms with Crippen LogP contribution in [0.25, 0.3) is 22.7 Å². The number of rotatable bonds is 7. The fraction of sp³-hybridized carbons (Fsp3) is 0.333. The molecule has 12 heteroatoms. The molecule has 0 unspecified atom stereocenters. The van der Waals surface area contributed by atoms with Gasteiger partial charge in [-0.25, -0.2) is 17.9 Å². The van der Waals surface area contributed by atoms with E-state index in [4.69, 9.17) is 4.42 Å². The minimum absolute atomic E-state index is 0.0902. The van der Waals surface area contributed by atoms with Crippen LogP contribution in [0.4, 0.5) is 22.0 Å². The van der Waals surface area contributed by atoms with Gasteiger partial charge in [0.15, 0.2) is 0 Å². The first-order valence-electron chi connectivity index (χ1n) is 11.3. The van der Waals surface area contributed by atoms with E-state index in [1.807, 2.05) is 29.2 Å². The number of benzene rings is 2. The Balaban J connectivity index is 1.26. The summed E-state index contributed by atoms with van der Waals surface area (Å²) in [6.45, 7) is 1.34. The Morgan fingerprint density at radius 2 is 1.75 bits per heavy atom. The predicted molar refractivity (Wildman–Crippen MR) is 119 cm³/mol. The van der Waals surface area contributed by atoms with Gasteiger partial charge in [-0.15, -0.1) is 15.3 Å². The van der Waals surface area contributed by atoms with Gasteiger partial charge in [0.2, 0.25) is 5.89 Å². The van der Waals surface area contributed by atoms with Gasteiger partial charge in [-0.1, -0.05) is 29.5 Å². The minimum Gasteiger partial charge on any atom is -0.415 e. The fourth-order valence-corrected chi connectivity index (χ4v) is 4.06. The summed E-state index contributed by atoms with van der Waals surface area (Å²) < 4.78 is 73.1. The first-order chi connectivity index (χ1) is 17.3. The van der Waals surface area contributed by atoms with Crippen LogP contribution in [-0.2, 0) is 13.1 Å². The maximum Gasteiger partial charge on any atom is 0.314 e. The second kappa shape index (κ2) is 9.76. The van der Waals surface area contributed by atoms with E-state index in [0.29, 0.717) is 30.9 Å². The summed E-state index contributed by atoms with van der Waals surface area (Å²) in [5.41, 5.74) is 2.86. The third-order valence-electron chi connectivity index (χ3n) is 6.01. The molecule has 7 nitrogen and oxygen atoms in total. The maximum absolute atomic E-state index is 14.7. The maximum atomic E-state index is 14.7. The molecule has 36 heavy (non-hydrogen) atoms. The Labute approximate surface area is 202 Å². The third-order valence-corrected chi connectivity index (χ3v) is 6.01. The first-order valence-corrected chi connectivity index (χ1v) is 11.3. The molecule has 0 N–H and O–H groups in total. The van der Waals surface area contributed by atoms with Crippen LogP contribution >= 0.6 is 0 Å². The van der Waals surface area contributed by atoms with Crippen LogP contribution in [0.2, 0.25) is 0 Å². The van der Waals surface area contributed by atoms with Crippen LogP contribution in [-0.4, -0.2) is 49.1 Å². The molecule has 1 aliphatic heterocycles. The van der Waals surface area contributed by atoms with E-state index in [-0.39, 0.29) is 30.8 Å². The molecule has 0 aliphatic carbocycles. The van der Waals surface area contributed by atoms with E-state index in [9.17, 15) is 22.0 Å². The second-order valence-electron chi connectivity index (χ2n) is 8.69. The third kappa shape index (κ3) is 5.43. The molecule has 4 aromatic rings. The molecule has 0 spiro atoms. The largest absolute Gasteiger partial charge is 0.415 e. The van der Waals surface area contributed by atoms with Gasteiger partial charge in [0.25, 0.3) is 11.8 Å². The molecule has 0 saturated carbocycles. The number of halogens is 5. The monoisotopic (exact) mass is 504 g/mol. The number of piperidine rings is 1. The van der Waals surface area contributed by atoms with Gasteiger partial charge >= 0.3 is 6.43 Å². The zero-order valence-corrected chi connectivity index (χ0v) is 18.9. The Bertz CT molecular complexity index is 1340. The van der Waals surface area contributed by atoms with Crippen LogP contribution in [0, 0.1) is 5.82 Å². The molecule has 1 fully saturated rings. The molecule has 1 aliphatic rings. The SMILES string of the molecule is Fc1cc(-c2nnc(C(F)F)o2)ccc1Cn1cc(-c2cccc(CN3CCC(F)(F)CC3)c2)nn1. The van der Waals surface area contributed by atoms with Crippen molar-refractivity contribution < 1.29 is 26.4 Å². The lowest BCUT2D eigenvalue weighted by molar-refractivity contribution is -0.0566. The van der Waals surface area contributed by atoms with Gasteiger partial charge in [-0.2, -0.15) is 8.78 Å². The zero-order valence-electron chi connectivity index (χ0n) is 18.9. The van der Waals surface area contributed by atoms with Gasteiger partial charge in [-0.3, -0.25) is 4.90 Å². The number of hydrogen-bond donors (Lipinski definition) is 0. The van der Waals surface area contributed by atoms with Crippen LogP contribution in [0.5, 0.6) is 0 Å². The van der Waals surface area contributed by atoms with Crippen molar-refractivity contribution in [1.29, 1.82) is 0 Å². The van der Waals surface area contributed by atoms with Gasteiger partial charge in [0.1, 0.15) is 11.5 Å². The van der Waals surface area contributed by atoms with Gasteiger partial charge < -0.3 is 4.42 Å². The summed E-state index contributed by atoms with van der Waals surface area (Å²) in [5.74, 6) is -4.19. The summed E-state index contributed by atoms with van der Waals surface area (Å²) in [6.07, 6.45) is -1.50. The molecule has 188 valence electrons.